The van der Waals surface area contributed by atoms with Gasteiger partial charge in [0.25, 0.3) is 5.91 Å². The van der Waals surface area contributed by atoms with Gasteiger partial charge in [-0.1, -0.05) is 35.5 Å². The molecule has 3 atom stereocenters. The van der Waals surface area contributed by atoms with Crippen molar-refractivity contribution in [2.24, 2.45) is 11.7 Å². The number of hydrogen-bond acceptors (Lipinski definition) is 4. The minimum absolute atomic E-state index is 0.130. The van der Waals surface area contributed by atoms with Crippen LogP contribution < -0.4 is 11.1 Å². The Morgan fingerprint density at radius 2 is 2.00 bits per heavy atom. The molecular formula is C20H25N3O2. The molecule has 5 nitrogen and oxygen atoms in total. The van der Waals surface area contributed by atoms with Crippen LogP contribution in [0.4, 0.5) is 0 Å². The molecule has 2 aliphatic rings. The molecule has 2 fully saturated rings. The average Bonchev–Trinajstić information content (AvgIpc) is 3.35. The fraction of sp³-hybridized carbons (Fsp3) is 0.500. The van der Waals surface area contributed by atoms with Gasteiger partial charge >= 0.3 is 0 Å². The molecule has 0 radical (unpaired) electrons. The van der Waals surface area contributed by atoms with Crippen LogP contribution >= 0.6 is 0 Å². The van der Waals surface area contributed by atoms with E-state index in [4.69, 9.17) is 10.3 Å². The number of rotatable bonds is 5. The maximum Gasteiger partial charge on any atom is 0.273 e. The Kier molecular flexibility index (Phi) is 4.57. The second kappa shape index (κ2) is 7.00. The number of aromatic nitrogens is 1. The molecule has 4 rings (SSSR count). The van der Waals surface area contributed by atoms with Crippen LogP contribution in [0.5, 0.6) is 0 Å². The first kappa shape index (κ1) is 16.3. The van der Waals surface area contributed by atoms with E-state index in [1.54, 1.807) is 6.07 Å². The monoisotopic (exact) mass is 339 g/mol. The van der Waals surface area contributed by atoms with E-state index in [-0.39, 0.29) is 18.0 Å². The molecule has 1 aromatic carbocycles. The molecule has 3 N–H and O–H groups in total. The zero-order valence-corrected chi connectivity index (χ0v) is 14.4. The number of benzene rings is 1. The zero-order valence-electron chi connectivity index (χ0n) is 14.4. The lowest BCUT2D eigenvalue weighted by atomic mass is 9.78. The quantitative estimate of drug-likeness (QED) is 0.877. The summed E-state index contributed by atoms with van der Waals surface area (Å²) in [4.78, 5) is 12.6. The summed E-state index contributed by atoms with van der Waals surface area (Å²) < 4.78 is 5.31. The topological polar surface area (TPSA) is 81.1 Å². The minimum Gasteiger partial charge on any atom is -0.360 e. The molecule has 2 saturated carbocycles. The lowest BCUT2D eigenvalue weighted by Gasteiger charge is -2.35. The first-order valence-corrected chi connectivity index (χ1v) is 9.26. The van der Waals surface area contributed by atoms with E-state index >= 15 is 0 Å². The predicted octanol–water partition coefficient (Wildman–Crippen LogP) is 3.02. The summed E-state index contributed by atoms with van der Waals surface area (Å²) >= 11 is 0. The van der Waals surface area contributed by atoms with E-state index in [2.05, 4.69) is 34.7 Å². The molecule has 0 aliphatic heterocycles. The minimum atomic E-state index is -0.130. The maximum absolute atomic E-state index is 12.6. The third kappa shape index (κ3) is 3.93. The van der Waals surface area contributed by atoms with Gasteiger partial charge in [-0.2, -0.15) is 0 Å². The summed E-state index contributed by atoms with van der Waals surface area (Å²) in [6.45, 7) is 0. The Labute approximate surface area is 148 Å². The summed E-state index contributed by atoms with van der Waals surface area (Å²) in [5.74, 6) is 1.53. The van der Waals surface area contributed by atoms with Gasteiger partial charge < -0.3 is 15.6 Å². The second-order valence-electron chi connectivity index (χ2n) is 7.49. The normalized spacial score (nSPS) is 26.4. The van der Waals surface area contributed by atoms with Gasteiger partial charge in [-0.25, -0.2) is 0 Å². The first-order chi connectivity index (χ1) is 12.2. The fourth-order valence-electron chi connectivity index (χ4n) is 3.83. The Morgan fingerprint density at radius 1 is 1.20 bits per heavy atom. The first-order valence-electron chi connectivity index (χ1n) is 9.26. The van der Waals surface area contributed by atoms with E-state index in [1.807, 2.05) is 6.07 Å². The molecule has 2 aromatic rings. The lowest BCUT2D eigenvalue weighted by molar-refractivity contribution is 0.0892. The van der Waals surface area contributed by atoms with Crippen molar-refractivity contribution < 1.29 is 9.32 Å². The Balaban J connectivity index is 1.43. The van der Waals surface area contributed by atoms with Crippen LogP contribution in [0.3, 0.4) is 0 Å². The number of amides is 1. The zero-order chi connectivity index (χ0) is 17.2. The molecule has 25 heavy (non-hydrogen) atoms. The maximum atomic E-state index is 12.6. The number of nitrogens with two attached hydrogens (primary N) is 1. The summed E-state index contributed by atoms with van der Waals surface area (Å²) in [6.07, 6.45) is 6.00. The SMILES string of the molecule is N[C@H]1CC[C@H](NC(=O)c2cc(C3CC3)on2)[C@H](Cc2ccccc2)C1. The summed E-state index contributed by atoms with van der Waals surface area (Å²) in [6, 6.07) is 12.6. The summed E-state index contributed by atoms with van der Waals surface area (Å²) in [5, 5.41) is 7.14. The van der Waals surface area contributed by atoms with Gasteiger partial charge in [0.1, 0.15) is 5.76 Å². The molecule has 0 unspecified atom stereocenters. The van der Waals surface area contributed by atoms with Crippen molar-refractivity contribution in [3.63, 3.8) is 0 Å². The van der Waals surface area contributed by atoms with Crippen LogP contribution in [-0.4, -0.2) is 23.1 Å². The van der Waals surface area contributed by atoms with Crippen molar-refractivity contribution >= 4 is 5.91 Å². The van der Waals surface area contributed by atoms with Crippen LogP contribution in [0.25, 0.3) is 0 Å². The molecule has 0 bridgehead atoms. The number of nitrogens with one attached hydrogen (secondary N) is 1. The van der Waals surface area contributed by atoms with Gasteiger partial charge in [-0.05, 0) is 50.0 Å². The Bertz CT molecular complexity index is 724. The third-order valence-corrected chi connectivity index (χ3v) is 5.42. The summed E-state index contributed by atoms with van der Waals surface area (Å²) in [5.41, 5.74) is 7.87. The van der Waals surface area contributed by atoms with Crippen molar-refractivity contribution in [3.05, 3.63) is 53.4 Å². The molecule has 1 amide bonds. The highest BCUT2D eigenvalue weighted by atomic mass is 16.5. The molecule has 5 heteroatoms. The van der Waals surface area contributed by atoms with Crippen LogP contribution in [0.2, 0.25) is 0 Å². The van der Waals surface area contributed by atoms with Gasteiger partial charge in [0, 0.05) is 24.1 Å². The smallest absolute Gasteiger partial charge is 0.273 e. The van der Waals surface area contributed by atoms with Crippen LogP contribution in [-0.2, 0) is 6.42 Å². The Hall–Kier alpha value is -2.14. The third-order valence-electron chi connectivity index (χ3n) is 5.42. The van der Waals surface area contributed by atoms with Gasteiger partial charge in [0.15, 0.2) is 5.69 Å². The fourth-order valence-corrected chi connectivity index (χ4v) is 3.83. The van der Waals surface area contributed by atoms with Crippen molar-refractivity contribution in [2.45, 2.75) is 56.5 Å². The van der Waals surface area contributed by atoms with Gasteiger partial charge in [0.05, 0.1) is 0 Å². The standard InChI is InChI=1S/C20H25N3O2/c21-16-8-9-17(15(11-16)10-13-4-2-1-3-5-13)22-20(24)18-12-19(25-23-18)14-6-7-14/h1-5,12,14-17H,6-11,21H2,(H,22,24)/t15-,16+,17+/m1/s1. The summed E-state index contributed by atoms with van der Waals surface area (Å²) in [7, 11) is 0. The van der Waals surface area contributed by atoms with Gasteiger partial charge in [0.2, 0.25) is 0 Å². The molecule has 0 saturated heterocycles. The Morgan fingerprint density at radius 3 is 2.76 bits per heavy atom. The van der Waals surface area contributed by atoms with Crippen molar-refractivity contribution in [1.29, 1.82) is 0 Å². The van der Waals surface area contributed by atoms with Crippen LogP contribution in [0.1, 0.15) is 59.8 Å². The largest absolute Gasteiger partial charge is 0.360 e. The highest BCUT2D eigenvalue weighted by Gasteiger charge is 2.32. The number of carbonyl (C=O) groups is 1. The molecule has 2 aliphatic carbocycles. The van der Waals surface area contributed by atoms with Crippen molar-refractivity contribution in [3.8, 4) is 0 Å². The predicted molar refractivity (Wildman–Crippen MR) is 95.2 cm³/mol. The molecule has 1 aromatic heterocycles. The van der Waals surface area contributed by atoms with E-state index in [9.17, 15) is 4.79 Å². The second-order valence-corrected chi connectivity index (χ2v) is 7.49. The highest BCUT2D eigenvalue weighted by Crippen LogP contribution is 2.40. The molecule has 1 heterocycles. The van der Waals surface area contributed by atoms with Gasteiger partial charge in [-0.15, -0.1) is 0 Å². The average molecular weight is 339 g/mol. The number of nitrogens with zero attached hydrogens (tertiary/aromatic N) is 1. The van der Waals surface area contributed by atoms with Gasteiger partial charge in [-0.3, -0.25) is 4.79 Å². The van der Waals surface area contributed by atoms with Crippen LogP contribution in [0.15, 0.2) is 40.9 Å². The number of carbonyl (C=O) groups excluding carboxylic acids is 1. The van der Waals surface area contributed by atoms with Crippen molar-refractivity contribution in [2.75, 3.05) is 0 Å². The highest BCUT2D eigenvalue weighted by molar-refractivity contribution is 5.92. The van der Waals surface area contributed by atoms with E-state index < -0.39 is 0 Å². The number of hydrogen-bond donors (Lipinski definition) is 2. The molecule has 0 spiro atoms. The van der Waals surface area contributed by atoms with Crippen molar-refractivity contribution in [1.82, 2.24) is 10.5 Å². The molecule has 132 valence electrons. The molecular weight excluding hydrogens is 314 g/mol. The van der Waals surface area contributed by atoms with E-state index in [1.165, 1.54) is 5.56 Å². The lowest BCUT2D eigenvalue weighted by Crippen LogP contribution is -2.47. The van der Waals surface area contributed by atoms with E-state index in [0.29, 0.717) is 17.5 Å². The van der Waals surface area contributed by atoms with E-state index in [0.717, 1.165) is 44.3 Å². The van der Waals surface area contributed by atoms with Crippen LogP contribution in [0, 0.1) is 5.92 Å².